The molecule has 1 N–H and O–H groups in total. The zero-order valence-electron chi connectivity index (χ0n) is 15.5. The van der Waals surface area contributed by atoms with E-state index in [0.29, 0.717) is 16.9 Å². The Hall–Kier alpha value is -3.11. The number of amides is 1. The number of hydrogen-bond donors (Lipinski definition) is 1. The summed E-state index contributed by atoms with van der Waals surface area (Å²) in [5.41, 5.74) is 3.48. The molecule has 1 unspecified atom stereocenters. The lowest BCUT2D eigenvalue weighted by Gasteiger charge is -2.21. The molecule has 0 heterocycles. The third-order valence-corrected chi connectivity index (χ3v) is 4.51. The van der Waals surface area contributed by atoms with Gasteiger partial charge >= 0.3 is 0 Å². The van der Waals surface area contributed by atoms with E-state index in [4.69, 9.17) is 4.74 Å². The van der Waals surface area contributed by atoms with Gasteiger partial charge in [-0.3, -0.25) is 4.79 Å². The minimum absolute atomic E-state index is 0.128. The summed E-state index contributed by atoms with van der Waals surface area (Å²) in [6.45, 7) is 0.201. The van der Waals surface area contributed by atoms with Gasteiger partial charge in [0.05, 0.1) is 19.8 Å². The summed E-state index contributed by atoms with van der Waals surface area (Å²) in [5.74, 6) is 0.550. The summed E-state index contributed by atoms with van der Waals surface area (Å²) in [5, 5.41) is 10.5. The number of carbonyl (C=O) groups excluding carboxylic acids is 1. The summed E-state index contributed by atoms with van der Waals surface area (Å²) in [6.07, 6.45) is -0.780. The summed E-state index contributed by atoms with van der Waals surface area (Å²) in [7, 11) is 3.27. The summed E-state index contributed by atoms with van der Waals surface area (Å²) in [4.78, 5) is 14.2. The number of rotatable bonds is 6. The van der Waals surface area contributed by atoms with Gasteiger partial charge < -0.3 is 14.7 Å². The van der Waals surface area contributed by atoms with Crippen LogP contribution in [0, 0.1) is 0 Å². The van der Waals surface area contributed by atoms with Crippen molar-refractivity contribution in [1.82, 2.24) is 4.90 Å². The van der Waals surface area contributed by atoms with Crippen molar-refractivity contribution in [3.63, 3.8) is 0 Å². The fraction of sp³-hybridized carbons (Fsp3) is 0.174. The van der Waals surface area contributed by atoms with E-state index in [2.05, 4.69) is 0 Å². The Morgan fingerprint density at radius 2 is 1.63 bits per heavy atom. The molecule has 4 heteroatoms. The van der Waals surface area contributed by atoms with Crippen LogP contribution in [0.4, 0.5) is 0 Å². The van der Waals surface area contributed by atoms with Crippen molar-refractivity contribution in [1.29, 1.82) is 0 Å². The molecule has 1 atom stereocenters. The largest absolute Gasteiger partial charge is 0.497 e. The number of hydrogen-bond acceptors (Lipinski definition) is 3. The molecule has 27 heavy (non-hydrogen) atoms. The lowest BCUT2D eigenvalue weighted by atomic mass is 10.0. The van der Waals surface area contributed by atoms with Gasteiger partial charge in [0.2, 0.25) is 0 Å². The monoisotopic (exact) mass is 361 g/mol. The fourth-order valence-corrected chi connectivity index (χ4v) is 2.95. The third kappa shape index (κ3) is 4.54. The molecule has 0 saturated heterocycles. The first-order chi connectivity index (χ1) is 13.1. The van der Waals surface area contributed by atoms with Crippen molar-refractivity contribution in [3.8, 4) is 16.9 Å². The molecular weight excluding hydrogens is 338 g/mol. The first-order valence-electron chi connectivity index (χ1n) is 8.81. The molecule has 0 radical (unpaired) electrons. The van der Waals surface area contributed by atoms with Crippen molar-refractivity contribution in [2.45, 2.75) is 6.10 Å². The van der Waals surface area contributed by atoms with Crippen molar-refractivity contribution < 1.29 is 14.6 Å². The molecule has 0 aliphatic heterocycles. The van der Waals surface area contributed by atoms with E-state index < -0.39 is 6.10 Å². The van der Waals surface area contributed by atoms with Gasteiger partial charge in [0.25, 0.3) is 5.91 Å². The van der Waals surface area contributed by atoms with Crippen molar-refractivity contribution in [3.05, 3.63) is 90.0 Å². The van der Waals surface area contributed by atoms with Crippen LogP contribution in [0.25, 0.3) is 11.1 Å². The topological polar surface area (TPSA) is 49.8 Å². The van der Waals surface area contributed by atoms with E-state index in [1.165, 1.54) is 4.90 Å². The van der Waals surface area contributed by atoms with Gasteiger partial charge in [-0.15, -0.1) is 0 Å². The van der Waals surface area contributed by atoms with Crippen LogP contribution in [0.5, 0.6) is 5.75 Å². The lowest BCUT2D eigenvalue weighted by Crippen LogP contribution is -2.31. The maximum atomic E-state index is 12.7. The quantitative estimate of drug-likeness (QED) is 0.717. The Bertz CT molecular complexity index is 891. The Kier molecular flexibility index (Phi) is 5.89. The normalized spacial score (nSPS) is 11.7. The van der Waals surface area contributed by atoms with Crippen molar-refractivity contribution in [2.24, 2.45) is 0 Å². The molecule has 0 saturated carbocycles. The Balaban J connectivity index is 1.67. The Morgan fingerprint density at radius 3 is 2.30 bits per heavy atom. The number of aliphatic hydroxyl groups excluding tert-OH is 1. The highest BCUT2D eigenvalue weighted by Gasteiger charge is 2.17. The first kappa shape index (κ1) is 18.7. The number of likely N-dealkylation sites (N-methyl/N-ethyl adjacent to an activating group) is 1. The first-order valence-corrected chi connectivity index (χ1v) is 8.81. The zero-order valence-corrected chi connectivity index (χ0v) is 15.5. The van der Waals surface area contributed by atoms with Crippen LogP contribution in [0.1, 0.15) is 22.0 Å². The maximum absolute atomic E-state index is 12.7. The molecule has 0 aliphatic rings. The second-order valence-electron chi connectivity index (χ2n) is 6.42. The minimum atomic E-state index is -0.780. The molecule has 1 amide bonds. The highest BCUT2D eigenvalue weighted by molar-refractivity contribution is 5.94. The summed E-state index contributed by atoms with van der Waals surface area (Å²) >= 11 is 0. The number of ether oxygens (including phenoxy) is 1. The molecule has 3 aromatic rings. The standard InChI is InChI=1S/C23H23NO3/c1-24(16-22(25)20-9-6-10-21(15-20)27-2)23(26)19-13-11-18(12-14-19)17-7-4-3-5-8-17/h3-15,22,25H,16H2,1-2H3. The second kappa shape index (κ2) is 8.52. The molecule has 138 valence electrons. The molecule has 3 rings (SSSR count). The van der Waals surface area contributed by atoms with Crippen molar-refractivity contribution in [2.75, 3.05) is 20.7 Å². The average molecular weight is 361 g/mol. The number of nitrogens with zero attached hydrogens (tertiary/aromatic N) is 1. The summed E-state index contributed by atoms with van der Waals surface area (Å²) in [6, 6.07) is 24.8. The molecule has 3 aromatic carbocycles. The van der Waals surface area contributed by atoms with Gasteiger partial charge in [-0.2, -0.15) is 0 Å². The number of aliphatic hydroxyl groups is 1. The van der Waals surface area contributed by atoms with Crippen LogP contribution in [-0.2, 0) is 0 Å². The second-order valence-corrected chi connectivity index (χ2v) is 6.42. The Morgan fingerprint density at radius 1 is 0.963 bits per heavy atom. The Labute approximate surface area is 159 Å². The molecule has 0 spiro atoms. The smallest absolute Gasteiger partial charge is 0.253 e. The molecular formula is C23H23NO3. The van der Waals surface area contributed by atoms with Crippen LogP contribution in [0.15, 0.2) is 78.9 Å². The fourth-order valence-electron chi connectivity index (χ4n) is 2.95. The lowest BCUT2D eigenvalue weighted by molar-refractivity contribution is 0.0681. The minimum Gasteiger partial charge on any atom is -0.497 e. The highest BCUT2D eigenvalue weighted by atomic mass is 16.5. The van der Waals surface area contributed by atoms with Gasteiger partial charge in [0, 0.05) is 12.6 Å². The third-order valence-electron chi connectivity index (χ3n) is 4.51. The SMILES string of the molecule is COc1cccc(C(O)CN(C)C(=O)c2ccc(-c3ccccc3)cc2)c1. The molecule has 4 nitrogen and oxygen atoms in total. The number of methoxy groups -OCH3 is 1. The van der Waals surface area contributed by atoms with Crippen LogP contribution < -0.4 is 4.74 Å². The van der Waals surface area contributed by atoms with Gasteiger partial charge in [0.15, 0.2) is 0 Å². The van der Waals surface area contributed by atoms with Crippen LogP contribution in [0.3, 0.4) is 0 Å². The van der Waals surface area contributed by atoms with E-state index in [1.807, 2.05) is 72.8 Å². The highest BCUT2D eigenvalue weighted by Crippen LogP contribution is 2.22. The average Bonchev–Trinajstić information content (AvgIpc) is 2.74. The van der Waals surface area contributed by atoms with E-state index in [9.17, 15) is 9.90 Å². The van der Waals surface area contributed by atoms with Gasteiger partial charge in [0.1, 0.15) is 5.75 Å². The number of carbonyl (C=O) groups is 1. The molecule has 0 fully saturated rings. The maximum Gasteiger partial charge on any atom is 0.253 e. The molecule has 0 aromatic heterocycles. The van der Waals surface area contributed by atoms with E-state index in [0.717, 1.165) is 11.1 Å². The zero-order chi connectivity index (χ0) is 19.2. The van der Waals surface area contributed by atoms with E-state index >= 15 is 0 Å². The van der Waals surface area contributed by atoms with Crippen LogP contribution in [0.2, 0.25) is 0 Å². The summed E-state index contributed by atoms with van der Waals surface area (Å²) < 4.78 is 5.18. The van der Waals surface area contributed by atoms with E-state index in [1.54, 1.807) is 20.2 Å². The van der Waals surface area contributed by atoms with E-state index in [-0.39, 0.29) is 12.5 Å². The molecule has 0 aliphatic carbocycles. The predicted molar refractivity (Wildman–Crippen MR) is 107 cm³/mol. The number of benzene rings is 3. The van der Waals surface area contributed by atoms with Crippen molar-refractivity contribution >= 4 is 5.91 Å². The van der Waals surface area contributed by atoms with Gasteiger partial charge in [-0.1, -0.05) is 54.6 Å². The predicted octanol–water partition coefficient (Wildman–Crippen LogP) is 4.17. The van der Waals surface area contributed by atoms with Crippen LogP contribution in [-0.4, -0.2) is 36.6 Å². The van der Waals surface area contributed by atoms with Gasteiger partial charge in [-0.05, 0) is 41.0 Å². The molecule has 0 bridgehead atoms. The van der Waals surface area contributed by atoms with Crippen LogP contribution >= 0.6 is 0 Å². The van der Waals surface area contributed by atoms with Gasteiger partial charge in [-0.25, -0.2) is 0 Å².